The molecule has 0 aliphatic heterocycles. The van der Waals surface area contributed by atoms with Crippen LogP contribution in [0.4, 0.5) is 0 Å². The Bertz CT molecular complexity index is 1390. The molecule has 0 bridgehead atoms. The van der Waals surface area contributed by atoms with Gasteiger partial charge in [-0.3, -0.25) is 9.78 Å². The van der Waals surface area contributed by atoms with Crippen LogP contribution in [-0.4, -0.2) is 15.0 Å². The van der Waals surface area contributed by atoms with Crippen molar-refractivity contribution in [1.29, 1.82) is 0 Å². The summed E-state index contributed by atoms with van der Waals surface area (Å²) in [5.74, 6) is 0. The molecule has 28 heavy (non-hydrogen) atoms. The van der Waals surface area contributed by atoms with Crippen LogP contribution in [0.1, 0.15) is 0 Å². The molecular weight excluding hydrogens is 370 g/mol. The highest BCUT2D eigenvalue weighted by Crippen LogP contribution is 2.35. The quantitative estimate of drug-likeness (QED) is 0.440. The molecule has 3 aromatic heterocycles. The van der Waals surface area contributed by atoms with Gasteiger partial charge in [-0.2, -0.15) is 0 Å². The van der Waals surface area contributed by atoms with E-state index in [4.69, 9.17) is 16.6 Å². The minimum absolute atomic E-state index is 0.0735. The molecule has 134 valence electrons. The maximum atomic E-state index is 12.4. The van der Waals surface area contributed by atoms with Gasteiger partial charge >= 0.3 is 0 Å². The number of pyridine rings is 3. The van der Waals surface area contributed by atoms with Crippen LogP contribution in [0, 0.1) is 0 Å². The molecule has 0 unspecified atom stereocenters. The third kappa shape index (κ3) is 2.75. The molecule has 5 heteroatoms. The molecule has 0 spiro atoms. The van der Waals surface area contributed by atoms with E-state index >= 15 is 0 Å². The first-order valence-corrected chi connectivity index (χ1v) is 9.21. The highest BCUT2D eigenvalue weighted by Gasteiger charge is 2.14. The molecule has 2 aromatic carbocycles. The molecule has 1 N–H and O–H groups in total. The van der Waals surface area contributed by atoms with Gasteiger partial charge in [0.2, 0.25) is 0 Å². The van der Waals surface area contributed by atoms with Gasteiger partial charge in [0.15, 0.2) is 5.43 Å². The van der Waals surface area contributed by atoms with Gasteiger partial charge < -0.3 is 4.98 Å². The van der Waals surface area contributed by atoms with Crippen LogP contribution in [0.25, 0.3) is 44.3 Å². The van der Waals surface area contributed by atoms with E-state index in [1.165, 1.54) is 6.07 Å². The average molecular weight is 384 g/mol. The van der Waals surface area contributed by atoms with Crippen LogP contribution < -0.4 is 5.43 Å². The number of aromatic amines is 1. The fraction of sp³-hybridized carbons (Fsp3) is 0. The van der Waals surface area contributed by atoms with E-state index in [-0.39, 0.29) is 5.43 Å². The van der Waals surface area contributed by atoms with Crippen molar-refractivity contribution in [1.82, 2.24) is 15.0 Å². The molecule has 4 nitrogen and oxygen atoms in total. The van der Waals surface area contributed by atoms with Crippen molar-refractivity contribution in [3.63, 3.8) is 0 Å². The largest absolute Gasteiger partial charge is 0.346 e. The van der Waals surface area contributed by atoms with Crippen molar-refractivity contribution in [3.05, 3.63) is 94.4 Å². The number of nitrogens with zero attached hydrogens (tertiary/aromatic N) is 2. The monoisotopic (exact) mass is 383 g/mol. The van der Waals surface area contributed by atoms with Crippen LogP contribution in [-0.2, 0) is 0 Å². The van der Waals surface area contributed by atoms with E-state index in [0.717, 1.165) is 33.3 Å². The summed E-state index contributed by atoms with van der Waals surface area (Å²) >= 11 is 6.51. The maximum Gasteiger partial charge on any atom is 0.191 e. The zero-order chi connectivity index (χ0) is 19.1. The molecule has 5 aromatic rings. The van der Waals surface area contributed by atoms with Gasteiger partial charge in [-0.05, 0) is 29.8 Å². The number of halogens is 1. The molecule has 0 amide bonds. The van der Waals surface area contributed by atoms with Gasteiger partial charge in [0.25, 0.3) is 0 Å². The normalized spacial score (nSPS) is 11.2. The molecule has 0 fully saturated rings. The van der Waals surface area contributed by atoms with Crippen LogP contribution in [0.5, 0.6) is 0 Å². The Morgan fingerprint density at radius 1 is 0.893 bits per heavy atom. The lowest BCUT2D eigenvalue weighted by Gasteiger charge is -2.12. The number of aromatic nitrogens is 3. The highest BCUT2D eigenvalue weighted by atomic mass is 35.5. The van der Waals surface area contributed by atoms with Gasteiger partial charge in [-0.25, -0.2) is 4.98 Å². The van der Waals surface area contributed by atoms with Gasteiger partial charge in [0, 0.05) is 35.0 Å². The summed E-state index contributed by atoms with van der Waals surface area (Å²) in [4.78, 5) is 24.6. The van der Waals surface area contributed by atoms with E-state index in [2.05, 4.69) is 9.97 Å². The van der Waals surface area contributed by atoms with Crippen molar-refractivity contribution in [2.75, 3.05) is 0 Å². The van der Waals surface area contributed by atoms with E-state index in [9.17, 15) is 4.79 Å². The maximum absolute atomic E-state index is 12.4. The van der Waals surface area contributed by atoms with E-state index in [1.54, 1.807) is 12.4 Å². The Morgan fingerprint density at radius 2 is 1.75 bits per heavy atom. The summed E-state index contributed by atoms with van der Waals surface area (Å²) in [6.07, 6.45) is 3.34. The SMILES string of the molecule is O=c1cc[nH]c2nc(-c3ccccc3)c(-c3cc(Cl)c4ncccc4c3)cc12. The fourth-order valence-electron chi connectivity index (χ4n) is 3.44. The number of hydrogen-bond acceptors (Lipinski definition) is 3. The van der Waals surface area contributed by atoms with Crippen molar-refractivity contribution < 1.29 is 0 Å². The smallest absolute Gasteiger partial charge is 0.191 e. The topological polar surface area (TPSA) is 58.6 Å². The predicted octanol–water partition coefficient (Wildman–Crippen LogP) is 5.46. The second-order valence-electron chi connectivity index (χ2n) is 6.52. The van der Waals surface area contributed by atoms with Crippen molar-refractivity contribution in [2.24, 2.45) is 0 Å². The third-order valence-electron chi connectivity index (χ3n) is 4.76. The van der Waals surface area contributed by atoms with Crippen LogP contribution in [0.3, 0.4) is 0 Å². The first-order valence-electron chi connectivity index (χ1n) is 8.83. The lowest BCUT2D eigenvalue weighted by atomic mass is 9.97. The third-order valence-corrected chi connectivity index (χ3v) is 5.05. The molecule has 0 radical (unpaired) electrons. The number of nitrogens with one attached hydrogen (secondary N) is 1. The fourth-order valence-corrected chi connectivity index (χ4v) is 3.71. The molecule has 0 atom stereocenters. The number of fused-ring (bicyclic) bond motifs is 2. The summed E-state index contributed by atoms with van der Waals surface area (Å²) in [6, 6.07) is 21.1. The summed E-state index contributed by atoms with van der Waals surface area (Å²) in [5.41, 5.74) is 4.73. The Hall–Kier alpha value is -3.50. The van der Waals surface area contributed by atoms with E-state index in [1.807, 2.05) is 60.7 Å². The van der Waals surface area contributed by atoms with Gasteiger partial charge in [0.05, 0.1) is 21.6 Å². The highest BCUT2D eigenvalue weighted by molar-refractivity contribution is 6.35. The molecule has 0 aliphatic rings. The molecule has 0 saturated carbocycles. The standard InChI is InChI=1S/C23H14ClN3O/c24-19-12-16(11-15-7-4-9-25-22(15)19)17-13-18-20(28)8-10-26-23(18)27-21(17)14-5-2-1-3-6-14/h1-13H,(H,26,27,28). The lowest BCUT2D eigenvalue weighted by molar-refractivity contribution is 1.28. The minimum atomic E-state index is -0.0735. The summed E-state index contributed by atoms with van der Waals surface area (Å²) in [7, 11) is 0. The van der Waals surface area contributed by atoms with Crippen molar-refractivity contribution in [2.45, 2.75) is 0 Å². The van der Waals surface area contributed by atoms with Crippen molar-refractivity contribution >= 4 is 33.5 Å². The number of hydrogen-bond donors (Lipinski definition) is 1. The molecule has 5 rings (SSSR count). The second-order valence-corrected chi connectivity index (χ2v) is 6.93. The Kier molecular flexibility index (Phi) is 3.92. The number of benzene rings is 2. The van der Waals surface area contributed by atoms with Crippen molar-refractivity contribution in [3.8, 4) is 22.4 Å². The number of rotatable bonds is 2. The molecule has 3 heterocycles. The second kappa shape index (κ2) is 6.59. The minimum Gasteiger partial charge on any atom is -0.346 e. The first-order chi connectivity index (χ1) is 13.7. The predicted molar refractivity (Wildman–Crippen MR) is 114 cm³/mol. The van der Waals surface area contributed by atoms with Gasteiger partial charge in [-0.1, -0.05) is 48.0 Å². The van der Waals surface area contributed by atoms with Gasteiger partial charge in [0.1, 0.15) is 5.65 Å². The van der Waals surface area contributed by atoms with E-state index in [0.29, 0.717) is 16.1 Å². The average Bonchev–Trinajstić information content (AvgIpc) is 2.74. The molecular formula is C23H14ClN3O. The van der Waals surface area contributed by atoms with Gasteiger partial charge in [-0.15, -0.1) is 0 Å². The summed E-state index contributed by atoms with van der Waals surface area (Å²) in [5, 5.41) is 2.04. The van der Waals surface area contributed by atoms with Crippen LogP contribution in [0.2, 0.25) is 5.02 Å². The molecule has 0 aliphatic carbocycles. The molecule has 0 saturated heterocycles. The Balaban J connectivity index is 1.88. The first kappa shape index (κ1) is 16.7. The van der Waals surface area contributed by atoms with Crippen LogP contribution in [0.15, 0.2) is 83.9 Å². The zero-order valence-corrected chi connectivity index (χ0v) is 15.4. The zero-order valence-electron chi connectivity index (χ0n) is 14.7. The summed E-state index contributed by atoms with van der Waals surface area (Å²) in [6.45, 7) is 0. The van der Waals surface area contributed by atoms with Crippen LogP contribution >= 0.6 is 11.6 Å². The van der Waals surface area contributed by atoms with E-state index < -0.39 is 0 Å². The Labute approximate surface area is 165 Å². The summed E-state index contributed by atoms with van der Waals surface area (Å²) < 4.78 is 0. The Morgan fingerprint density at radius 3 is 2.61 bits per heavy atom. The number of H-pyrrole nitrogens is 1. The lowest BCUT2D eigenvalue weighted by Crippen LogP contribution is -2.03.